The lowest BCUT2D eigenvalue weighted by Crippen LogP contribution is -2.54. The van der Waals surface area contributed by atoms with E-state index in [-0.39, 0.29) is 17.4 Å². The van der Waals surface area contributed by atoms with Crippen molar-refractivity contribution in [3.8, 4) is 0 Å². The summed E-state index contributed by atoms with van der Waals surface area (Å²) in [7, 11) is 0. The number of nitrogens with zero attached hydrogens (tertiary/aromatic N) is 1. The molecule has 1 amide bonds. The number of carbonyl (C=O) groups excluding carboxylic acids is 1. The molecule has 2 rings (SSSR count). The van der Waals surface area contributed by atoms with Crippen molar-refractivity contribution in [3.05, 3.63) is 0 Å². The molecule has 2 heterocycles. The number of amides is 1. The number of carbonyl (C=O) groups is 1. The molecule has 2 N–H and O–H groups in total. The Hall–Kier alpha value is -0.610. The Morgan fingerprint density at radius 2 is 2.33 bits per heavy atom. The molecule has 0 saturated carbocycles. The van der Waals surface area contributed by atoms with Gasteiger partial charge in [0.2, 0.25) is 5.91 Å². The summed E-state index contributed by atoms with van der Waals surface area (Å²) in [5, 5.41) is 13.1. The third-order valence-electron chi connectivity index (χ3n) is 4.34. The molecule has 2 fully saturated rings. The fourth-order valence-corrected chi connectivity index (χ4v) is 3.42. The van der Waals surface area contributed by atoms with E-state index >= 15 is 0 Å². The first-order valence-corrected chi connectivity index (χ1v) is 7.36. The summed E-state index contributed by atoms with van der Waals surface area (Å²) in [5.74, 6) is 0.273. The Morgan fingerprint density at radius 1 is 1.50 bits per heavy atom. The predicted molar refractivity (Wildman–Crippen MR) is 71.3 cm³/mol. The minimum atomic E-state index is -0.321. The molecule has 0 radical (unpaired) electrons. The van der Waals surface area contributed by atoms with Crippen molar-refractivity contribution in [3.63, 3.8) is 0 Å². The van der Waals surface area contributed by atoms with Crippen LogP contribution in [0.3, 0.4) is 0 Å². The summed E-state index contributed by atoms with van der Waals surface area (Å²) in [6.07, 6.45) is 5.54. The number of β-amino-alcohol motifs (C(OH)–C–C–N with tert-alkyl or cyclic N) is 1. The highest BCUT2D eigenvalue weighted by Gasteiger charge is 2.42. The van der Waals surface area contributed by atoms with Crippen LogP contribution in [0.5, 0.6) is 0 Å². The summed E-state index contributed by atoms with van der Waals surface area (Å²) in [5.41, 5.74) is -0.204. The lowest BCUT2D eigenvalue weighted by atomic mass is 9.75. The molecule has 4 nitrogen and oxygen atoms in total. The number of likely N-dealkylation sites (tertiary alicyclic amines) is 1. The second kappa shape index (κ2) is 6.02. The van der Waals surface area contributed by atoms with E-state index in [1.165, 1.54) is 0 Å². The van der Waals surface area contributed by atoms with Gasteiger partial charge in [-0.1, -0.05) is 13.3 Å². The SMILES string of the molecule is CCCC1(C(=O)N2CCC[C@H](O)C2)CCCNC1. The highest BCUT2D eigenvalue weighted by atomic mass is 16.3. The van der Waals surface area contributed by atoms with Gasteiger partial charge in [0.1, 0.15) is 0 Å². The molecule has 4 heteroatoms. The van der Waals surface area contributed by atoms with E-state index in [9.17, 15) is 9.90 Å². The molecule has 2 atom stereocenters. The van der Waals surface area contributed by atoms with E-state index in [1.807, 2.05) is 4.90 Å². The van der Waals surface area contributed by atoms with Gasteiger partial charge in [0.15, 0.2) is 0 Å². The van der Waals surface area contributed by atoms with Crippen molar-refractivity contribution in [1.29, 1.82) is 0 Å². The standard InChI is InChI=1S/C14H26N2O2/c1-2-6-14(7-4-8-15-11-14)13(18)16-9-3-5-12(17)10-16/h12,15,17H,2-11H2,1H3/t12-,14?/m0/s1. The van der Waals surface area contributed by atoms with Crippen LogP contribution in [0.2, 0.25) is 0 Å². The first-order valence-electron chi connectivity index (χ1n) is 7.36. The van der Waals surface area contributed by atoms with Crippen molar-refractivity contribution in [2.24, 2.45) is 5.41 Å². The van der Waals surface area contributed by atoms with E-state index < -0.39 is 0 Å². The first kappa shape index (κ1) is 13.8. The van der Waals surface area contributed by atoms with Crippen LogP contribution < -0.4 is 5.32 Å². The lowest BCUT2D eigenvalue weighted by Gasteiger charge is -2.42. The van der Waals surface area contributed by atoms with Crippen molar-refractivity contribution in [1.82, 2.24) is 10.2 Å². The number of rotatable bonds is 3. The van der Waals surface area contributed by atoms with Crippen molar-refractivity contribution < 1.29 is 9.90 Å². The number of aliphatic hydroxyl groups excluding tert-OH is 1. The maximum absolute atomic E-state index is 12.8. The molecule has 0 spiro atoms. The molecule has 1 unspecified atom stereocenters. The summed E-state index contributed by atoms with van der Waals surface area (Å²) in [6.45, 7) is 5.34. The molecule has 0 aromatic carbocycles. The van der Waals surface area contributed by atoms with Crippen molar-refractivity contribution in [2.75, 3.05) is 26.2 Å². The van der Waals surface area contributed by atoms with E-state index in [0.29, 0.717) is 6.54 Å². The van der Waals surface area contributed by atoms with E-state index in [0.717, 1.165) is 58.2 Å². The van der Waals surface area contributed by atoms with Gasteiger partial charge >= 0.3 is 0 Å². The smallest absolute Gasteiger partial charge is 0.230 e. The molecule has 0 bridgehead atoms. The van der Waals surface area contributed by atoms with Crippen LogP contribution in [-0.4, -0.2) is 48.2 Å². The normalized spacial score (nSPS) is 33.4. The molecule has 2 saturated heterocycles. The zero-order chi connectivity index (χ0) is 13.0. The summed E-state index contributed by atoms with van der Waals surface area (Å²) in [4.78, 5) is 14.7. The number of hydrogen-bond acceptors (Lipinski definition) is 3. The fourth-order valence-electron chi connectivity index (χ4n) is 3.42. The molecule has 104 valence electrons. The number of hydrogen-bond donors (Lipinski definition) is 2. The largest absolute Gasteiger partial charge is 0.391 e. The van der Waals surface area contributed by atoms with Gasteiger partial charge in [-0.15, -0.1) is 0 Å². The maximum atomic E-state index is 12.8. The molecular formula is C14H26N2O2. The second-order valence-electron chi connectivity index (χ2n) is 5.86. The lowest BCUT2D eigenvalue weighted by molar-refractivity contribution is -0.147. The Kier molecular flexibility index (Phi) is 4.62. The van der Waals surface area contributed by atoms with E-state index in [1.54, 1.807) is 0 Å². The molecule has 2 aliphatic heterocycles. The zero-order valence-corrected chi connectivity index (χ0v) is 11.5. The van der Waals surface area contributed by atoms with Gasteiger partial charge < -0.3 is 15.3 Å². The van der Waals surface area contributed by atoms with Gasteiger partial charge in [0.25, 0.3) is 0 Å². The number of piperidine rings is 2. The van der Waals surface area contributed by atoms with Crippen LogP contribution in [0.25, 0.3) is 0 Å². The Bertz CT molecular complexity index is 282. The topological polar surface area (TPSA) is 52.6 Å². The minimum Gasteiger partial charge on any atom is -0.391 e. The van der Waals surface area contributed by atoms with Crippen molar-refractivity contribution in [2.45, 2.75) is 51.6 Å². The van der Waals surface area contributed by atoms with Gasteiger partial charge in [-0.3, -0.25) is 4.79 Å². The molecule has 0 aliphatic carbocycles. The predicted octanol–water partition coefficient (Wildman–Crippen LogP) is 1.14. The van der Waals surface area contributed by atoms with Crippen molar-refractivity contribution >= 4 is 5.91 Å². The summed E-state index contributed by atoms with van der Waals surface area (Å²) >= 11 is 0. The van der Waals surface area contributed by atoms with E-state index in [4.69, 9.17) is 0 Å². The van der Waals surface area contributed by atoms with Crippen LogP contribution >= 0.6 is 0 Å². The Balaban J connectivity index is 2.07. The highest BCUT2D eigenvalue weighted by molar-refractivity contribution is 5.83. The van der Waals surface area contributed by atoms with Crippen LogP contribution in [0.1, 0.15) is 45.4 Å². The van der Waals surface area contributed by atoms with Crippen LogP contribution in [-0.2, 0) is 4.79 Å². The second-order valence-corrected chi connectivity index (χ2v) is 5.86. The molecule has 2 aliphatic rings. The molecule has 0 aromatic rings. The highest BCUT2D eigenvalue weighted by Crippen LogP contribution is 2.34. The minimum absolute atomic E-state index is 0.204. The van der Waals surface area contributed by atoms with Crippen LogP contribution in [0.15, 0.2) is 0 Å². The molecular weight excluding hydrogens is 228 g/mol. The summed E-state index contributed by atoms with van der Waals surface area (Å²) in [6, 6.07) is 0. The summed E-state index contributed by atoms with van der Waals surface area (Å²) < 4.78 is 0. The van der Waals surface area contributed by atoms with Crippen LogP contribution in [0.4, 0.5) is 0 Å². The third-order valence-corrected chi connectivity index (χ3v) is 4.34. The van der Waals surface area contributed by atoms with Crippen LogP contribution in [0, 0.1) is 5.41 Å². The molecule has 0 aromatic heterocycles. The van der Waals surface area contributed by atoms with Gasteiger partial charge in [0.05, 0.1) is 11.5 Å². The number of nitrogens with one attached hydrogen (secondary N) is 1. The number of aliphatic hydroxyl groups is 1. The van der Waals surface area contributed by atoms with Gasteiger partial charge in [0, 0.05) is 19.6 Å². The monoisotopic (exact) mass is 254 g/mol. The fraction of sp³-hybridized carbons (Fsp3) is 0.929. The third kappa shape index (κ3) is 2.86. The quantitative estimate of drug-likeness (QED) is 0.794. The Labute approximate surface area is 110 Å². The maximum Gasteiger partial charge on any atom is 0.230 e. The van der Waals surface area contributed by atoms with Gasteiger partial charge in [-0.05, 0) is 38.6 Å². The average molecular weight is 254 g/mol. The first-order chi connectivity index (χ1) is 8.68. The molecule has 18 heavy (non-hydrogen) atoms. The van der Waals surface area contributed by atoms with Gasteiger partial charge in [-0.25, -0.2) is 0 Å². The Morgan fingerprint density at radius 3 is 2.94 bits per heavy atom. The van der Waals surface area contributed by atoms with Gasteiger partial charge in [-0.2, -0.15) is 0 Å². The average Bonchev–Trinajstić information content (AvgIpc) is 2.39. The zero-order valence-electron chi connectivity index (χ0n) is 11.5. The van der Waals surface area contributed by atoms with E-state index in [2.05, 4.69) is 12.2 Å².